The van der Waals surface area contributed by atoms with Crippen molar-refractivity contribution < 1.29 is 4.79 Å². The van der Waals surface area contributed by atoms with Gasteiger partial charge in [0.05, 0.1) is 0 Å². The van der Waals surface area contributed by atoms with Crippen LogP contribution in [-0.4, -0.2) is 6.29 Å². The van der Waals surface area contributed by atoms with Crippen molar-refractivity contribution >= 4 is 6.29 Å². The maximum Gasteiger partial charge on any atom is 0.127 e. The first-order chi connectivity index (χ1) is 6.65. The average Bonchev–Trinajstić information content (AvgIpc) is 2.16. The number of carbonyl (C=O) groups is 1. The van der Waals surface area contributed by atoms with E-state index in [0.29, 0.717) is 5.92 Å². The highest BCUT2D eigenvalue weighted by atomic mass is 16.1. The second kappa shape index (κ2) is 4.94. The van der Waals surface area contributed by atoms with Gasteiger partial charge in [-0.1, -0.05) is 45.0 Å². The Kier molecular flexibility index (Phi) is 3.87. The van der Waals surface area contributed by atoms with Gasteiger partial charge in [-0.15, -0.1) is 0 Å². The van der Waals surface area contributed by atoms with Gasteiger partial charge in [-0.2, -0.15) is 0 Å². The minimum absolute atomic E-state index is 0.0185. The Morgan fingerprint density at radius 3 is 2.43 bits per heavy atom. The first-order valence-electron chi connectivity index (χ1n) is 5.18. The van der Waals surface area contributed by atoms with Crippen LogP contribution < -0.4 is 0 Å². The van der Waals surface area contributed by atoms with Crippen LogP contribution >= 0.6 is 0 Å². The van der Waals surface area contributed by atoms with Crippen LogP contribution in [0.4, 0.5) is 0 Å². The number of hydrogen-bond acceptors (Lipinski definition) is 1. The molecule has 1 heteroatoms. The van der Waals surface area contributed by atoms with Crippen molar-refractivity contribution in [1.29, 1.82) is 0 Å². The van der Waals surface area contributed by atoms with Crippen molar-refractivity contribution in [1.82, 2.24) is 0 Å². The van der Waals surface area contributed by atoms with Crippen molar-refractivity contribution in [3.63, 3.8) is 0 Å². The van der Waals surface area contributed by atoms with E-state index in [-0.39, 0.29) is 5.92 Å². The van der Waals surface area contributed by atoms with Crippen LogP contribution in [0.2, 0.25) is 0 Å². The molecule has 1 nitrogen and oxygen atoms in total. The van der Waals surface area contributed by atoms with E-state index >= 15 is 0 Å². The topological polar surface area (TPSA) is 17.1 Å². The first-order valence-corrected chi connectivity index (χ1v) is 5.18. The quantitative estimate of drug-likeness (QED) is 0.666. The lowest BCUT2D eigenvalue weighted by molar-refractivity contribution is -0.108. The number of hydrogen-bond donors (Lipinski definition) is 0. The lowest BCUT2D eigenvalue weighted by atomic mass is 9.92. The van der Waals surface area contributed by atoms with Crippen molar-refractivity contribution in [3.05, 3.63) is 35.4 Å². The van der Waals surface area contributed by atoms with Crippen molar-refractivity contribution in [2.45, 2.75) is 33.1 Å². The van der Waals surface area contributed by atoms with Gasteiger partial charge in [-0.3, -0.25) is 0 Å². The summed E-state index contributed by atoms with van der Waals surface area (Å²) in [6, 6.07) is 8.21. The zero-order valence-corrected chi connectivity index (χ0v) is 9.16. The van der Waals surface area contributed by atoms with Crippen LogP contribution in [0, 0.1) is 5.92 Å². The molecule has 0 spiro atoms. The molecule has 14 heavy (non-hydrogen) atoms. The van der Waals surface area contributed by atoms with Gasteiger partial charge in [0.2, 0.25) is 0 Å². The third-order valence-corrected chi connectivity index (χ3v) is 2.38. The minimum Gasteiger partial charge on any atom is -0.303 e. The molecule has 76 valence electrons. The molecule has 1 aromatic carbocycles. The highest BCUT2D eigenvalue weighted by Crippen LogP contribution is 2.20. The lowest BCUT2D eigenvalue weighted by Gasteiger charge is -2.13. The largest absolute Gasteiger partial charge is 0.303 e. The van der Waals surface area contributed by atoms with E-state index in [1.165, 1.54) is 11.1 Å². The van der Waals surface area contributed by atoms with Gasteiger partial charge in [-0.25, -0.2) is 0 Å². The zero-order chi connectivity index (χ0) is 10.6. The molecule has 1 aromatic rings. The molecule has 0 bridgehead atoms. The summed E-state index contributed by atoms with van der Waals surface area (Å²) in [7, 11) is 0. The summed E-state index contributed by atoms with van der Waals surface area (Å²) in [5.74, 6) is 0.653. The zero-order valence-electron chi connectivity index (χ0n) is 9.16. The Morgan fingerprint density at radius 1 is 1.21 bits per heavy atom. The maximum atomic E-state index is 10.7. The number of benzene rings is 1. The van der Waals surface area contributed by atoms with Gasteiger partial charge in [0.15, 0.2) is 0 Å². The van der Waals surface area contributed by atoms with E-state index in [1.54, 1.807) is 0 Å². The number of rotatable bonds is 4. The molecule has 1 atom stereocenters. The summed E-state index contributed by atoms with van der Waals surface area (Å²) in [6.45, 7) is 6.34. The molecule has 0 aromatic heterocycles. The standard InChI is InChI=1S/C13H18O/c1-10(2)8-12-6-4-5-7-13(12)11(3)9-14/h4-7,9-11H,8H2,1-3H3. The molecule has 0 saturated heterocycles. The molecule has 0 aliphatic heterocycles. The van der Waals surface area contributed by atoms with Crippen molar-refractivity contribution in [3.8, 4) is 0 Å². The highest BCUT2D eigenvalue weighted by Gasteiger charge is 2.09. The SMILES string of the molecule is CC(C)Cc1ccccc1C(C)C=O. The second-order valence-electron chi connectivity index (χ2n) is 4.22. The Hall–Kier alpha value is -1.11. The summed E-state index contributed by atoms with van der Waals surface area (Å²) in [5.41, 5.74) is 2.48. The van der Waals surface area contributed by atoms with E-state index in [9.17, 15) is 4.79 Å². The fourth-order valence-corrected chi connectivity index (χ4v) is 1.68. The van der Waals surface area contributed by atoms with E-state index in [0.717, 1.165) is 12.7 Å². The Morgan fingerprint density at radius 2 is 1.86 bits per heavy atom. The summed E-state index contributed by atoms with van der Waals surface area (Å²) in [6.07, 6.45) is 2.06. The van der Waals surface area contributed by atoms with Gasteiger partial charge in [-0.05, 0) is 23.5 Å². The van der Waals surface area contributed by atoms with E-state index < -0.39 is 0 Å². The third-order valence-electron chi connectivity index (χ3n) is 2.38. The Bertz CT molecular complexity index is 302. The van der Waals surface area contributed by atoms with E-state index in [2.05, 4.69) is 26.0 Å². The van der Waals surface area contributed by atoms with E-state index in [4.69, 9.17) is 0 Å². The molecule has 0 heterocycles. The predicted octanol–water partition coefficient (Wildman–Crippen LogP) is 3.19. The third kappa shape index (κ3) is 2.69. The molecule has 0 radical (unpaired) electrons. The average molecular weight is 190 g/mol. The van der Waals surface area contributed by atoms with Crippen LogP contribution in [0.5, 0.6) is 0 Å². The summed E-state index contributed by atoms with van der Waals surface area (Å²) < 4.78 is 0. The summed E-state index contributed by atoms with van der Waals surface area (Å²) in [4.78, 5) is 10.7. The summed E-state index contributed by atoms with van der Waals surface area (Å²) in [5, 5.41) is 0. The van der Waals surface area contributed by atoms with Crippen LogP contribution in [-0.2, 0) is 11.2 Å². The monoisotopic (exact) mass is 190 g/mol. The maximum absolute atomic E-state index is 10.7. The van der Waals surface area contributed by atoms with Gasteiger partial charge in [0, 0.05) is 5.92 Å². The molecule has 0 aliphatic rings. The minimum atomic E-state index is 0.0185. The highest BCUT2D eigenvalue weighted by molar-refractivity contribution is 5.62. The van der Waals surface area contributed by atoms with Crippen LogP contribution in [0.1, 0.15) is 37.8 Å². The van der Waals surface area contributed by atoms with Gasteiger partial charge in [0.25, 0.3) is 0 Å². The van der Waals surface area contributed by atoms with E-state index in [1.807, 2.05) is 19.1 Å². The molecule has 0 N–H and O–H groups in total. The molecule has 0 amide bonds. The number of aldehydes is 1. The van der Waals surface area contributed by atoms with Crippen LogP contribution in [0.15, 0.2) is 24.3 Å². The second-order valence-corrected chi connectivity index (χ2v) is 4.22. The molecular weight excluding hydrogens is 172 g/mol. The van der Waals surface area contributed by atoms with Crippen molar-refractivity contribution in [2.24, 2.45) is 5.92 Å². The molecule has 0 aliphatic carbocycles. The fraction of sp³-hybridized carbons (Fsp3) is 0.462. The van der Waals surface area contributed by atoms with Gasteiger partial charge < -0.3 is 4.79 Å². The normalized spacial score (nSPS) is 12.9. The molecule has 0 fully saturated rings. The van der Waals surface area contributed by atoms with Crippen LogP contribution in [0.25, 0.3) is 0 Å². The Balaban J connectivity index is 2.96. The van der Waals surface area contributed by atoms with Gasteiger partial charge in [0.1, 0.15) is 6.29 Å². The molecule has 1 unspecified atom stereocenters. The molecule has 1 rings (SSSR count). The van der Waals surface area contributed by atoms with Gasteiger partial charge >= 0.3 is 0 Å². The molecule has 0 saturated carbocycles. The lowest BCUT2D eigenvalue weighted by Crippen LogP contribution is -2.03. The smallest absolute Gasteiger partial charge is 0.127 e. The van der Waals surface area contributed by atoms with Crippen LogP contribution in [0.3, 0.4) is 0 Å². The number of carbonyl (C=O) groups excluding carboxylic acids is 1. The van der Waals surface area contributed by atoms with Crippen molar-refractivity contribution in [2.75, 3.05) is 0 Å². The predicted molar refractivity (Wildman–Crippen MR) is 59.5 cm³/mol. The first kappa shape index (κ1) is 11.0. The Labute approximate surface area is 86.1 Å². The fourth-order valence-electron chi connectivity index (χ4n) is 1.68. The molecular formula is C13H18O. The summed E-state index contributed by atoms with van der Waals surface area (Å²) >= 11 is 0.